The van der Waals surface area contributed by atoms with Gasteiger partial charge in [0.15, 0.2) is 0 Å². The van der Waals surface area contributed by atoms with Gasteiger partial charge in [-0.1, -0.05) is 26.7 Å². The number of nitrogens with two attached hydrogens (primary N) is 1. The molecule has 0 spiro atoms. The predicted molar refractivity (Wildman–Crippen MR) is 68.0 cm³/mol. The van der Waals surface area contributed by atoms with E-state index >= 15 is 0 Å². The van der Waals surface area contributed by atoms with E-state index in [1.165, 1.54) is 38.5 Å². The standard InChI is InChI=1S/C13H28N2O/c1-11(2)6-5-7-12(15-14)10-13-8-3-4-9-16-13/h11-13,15H,3-10,14H2,1-2H3. The first-order chi connectivity index (χ1) is 7.72. The summed E-state index contributed by atoms with van der Waals surface area (Å²) in [6, 6.07) is 0.432. The molecule has 1 heterocycles. The van der Waals surface area contributed by atoms with Crippen LogP contribution in [0.2, 0.25) is 0 Å². The van der Waals surface area contributed by atoms with Gasteiger partial charge < -0.3 is 4.74 Å². The summed E-state index contributed by atoms with van der Waals surface area (Å²) in [6.45, 7) is 5.48. The SMILES string of the molecule is CC(C)CCCC(CC1CCCCO1)NN. The Kier molecular flexibility index (Phi) is 7.01. The lowest BCUT2D eigenvalue weighted by Gasteiger charge is -2.26. The van der Waals surface area contributed by atoms with Crippen LogP contribution in [-0.2, 0) is 4.74 Å². The third-order valence-corrected chi connectivity index (χ3v) is 3.39. The molecule has 16 heavy (non-hydrogen) atoms. The number of ether oxygens (including phenoxy) is 1. The molecule has 2 unspecified atom stereocenters. The van der Waals surface area contributed by atoms with Crippen molar-refractivity contribution >= 4 is 0 Å². The van der Waals surface area contributed by atoms with E-state index in [9.17, 15) is 0 Å². The van der Waals surface area contributed by atoms with Crippen molar-refractivity contribution in [1.29, 1.82) is 0 Å². The van der Waals surface area contributed by atoms with E-state index < -0.39 is 0 Å². The van der Waals surface area contributed by atoms with Crippen LogP contribution < -0.4 is 11.3 Å². The Balaban J connectivity index is 2.14. The molecule has 1 fully saturated rings. The van der Waals surface area contributed by atoms with Crippen molar-refractivity contribution < 1.29 is 4.74 Å². The molecule has 0 radical (unpaired) electrons. The Morgan fingerprint density at radius 3 is 2.69 bits per heavy atom. The van der Waals surface area contributed by atoms with E-state index in [-0.39, 0.29) is 0 Å². The normalized spacial score (nSPS) is 23.6. The summed E-state index contributed by atoms with van der Waals surface area (Å²) in [4.78, 5) is 0. The Labute approximate surface area is 100 Å². The average molecular weight is 228 g/mol. The van der Waals surface area contributed by atoms with Gasteiger partial charge >= 0.3 is 0 Å². The fourth-order valence-electron chi connectivity index (χ4n) is 2.35. The van der Waals surface area contributed by atoms with Gasteiger partial charge in [0.2, 0.25) is 0 Å². The van der Waals surface area contributed by atoms with E-state index in [2.05, 4.69) is 19.3 Å². The van der Waals surface area contributed by atoms with E-state index in [4.69, 9.17) is 10.6 Å². The molecule has 3 nitrogen and oxygen atoms in total. The zero-order valence-electron chi connectivity index (χ0n) is 10.9. The molecule has 1 aliphatic heterocycles. The third kappa shape index (κ3) is 5.83. The first-order valence-corrected chi connectivity index (χ1v) is 6.80. The molecule has 0 aromatic heterocycles. The largest absolute Gasteiger partial charge is 0.378 e. The lowest BCUT2D eigenvalue weighted by Crippen LogP contribution is -2.39. The monoisotopic (exact) mass is 228 g/mol. The maximum atomic E-state index is 5.74. The van der Waals surface area contributed by atoms with Crippen LogP contribution in [0.25, 0.3) is 0 Å². The Hall–Kier alpha value is -0.120. The maximum absolute atomic E-state index is 5.74. The molecular weight excluding hydrogens is 200 g/mol. The summed E-state index contributed by atoms with van der Waals surface area (Å²) in [6.07, 6.45) is 9.00. The number of nitrogens with one attached hydrogen (secondary N) is 1. The van der Waals surface area contributed by atoms with Crippen molar-refractivity contribution in [3.05, 3.63) is 0 Å². The van der Waals surface area contributed by atoms with Crippen LogP contribution in [0.5, 0.6) is 0 Å². The van der Waals surface area contributed by atoms with Crippen molar-refractivity contribution in [2.24, 2.45) is 11.8 Å². The Morgan fingerprint density at radius 2 is 2.12 bits per heavy atom. The molecule has 0 aromatic carbocycles. The minimum atomic E-state index is 0.432. The molecule has 2 atom stereocenters. The van der Waals surface area contributed by atoms with E-state index in [0.717, 1.165) is 18.9 Å². The van der Waals surface area contributed by atoms with Crippen LogP contribution in [0, 0.1) is 5.92 Å². The predicted octanol–water partition coefficient (Wildman–Crippen LogP) is 2.60. The highest BCUT2D eigenvalue weighted by atomic mass is 16.5. The number of hydrazine groups is 1. The van der Waals surface area contributed by atoms with Crippen LogP contribution in [0.3, 0.4) is 0 Å². The molecule has 0 saturated carbocycles. The molecule has 1 saturated heterocycles. The minimum absolute atomic E-state index is 0.432. The molecule has 0 bridgehead atoms. The van der Waals surface area contributed by atoms with Gasteiger partial charge in [-0.2, -0.15) is 0 Å². The van der Waals surface area contributed by atoms with Crippen LogP contribution in [0.4, 0.5) is 0 Å². The summed E-state index contributed by atoms with van der Waals surface area (Å²) in [5.74, 6) is 6.40. The van der Waals surface area contributed by atoms with E-state index in [1.54, 1.807) is 0 Å². The lowest BCUT2D eigenvalue weighted by molar-refractivity contribution is 0.00452. The second-order valence-corrected chi connectivity index (χ2v) is 5.41. The quantitative estimate of drug-likeness (QED) is 0.520. The molecule has 3 heteroatoms. The first-order valence-electron chi connectivity index (χ1n) is 6.80. The van der Waals surface area contributed by atoms with Gasteiger partial charge in [0.25, 0.3) is 0 Å². The first kappa shape index (κ1) is 13.9. The van der Waals surface area contributed by atoms with Gasteiger partial charge in [0, 0.05) is 12.6 Å². The zero-order chi connectivity index (χ0) is 11.8. The van der Waals surface area contributed by atoms with Gasteiger partial charge in [0.05, 0.1) is 6.10 Å². The van der Waals surface area contributed by atoms with Crippen LogP contribution in [-0.4, -0.2) is 18.8 Å². The van der Waals surface area contributed by atoms with Gasteiger partial charge in [-0.15, -0.1) is 0 Å². The Bertz CT molecular complexity index is 167. The minimum Gasteiger partial charge on any atom is -0.378 e. The summed E-state index contributed by atoms with van der Waals surface area (Å²) >= 11 is 0. The van der Waals surface area contributed by atoms with Crippen molar-refractivity contribution in [3.63, 3.8) is 0 Å². The number of hydrogen-bond donors (Lipinski definition) is 2. The molecule has 3 N–H and O–H groups in total. The van der Waals surface area contributed by atoms with Gasteiger partial charge in [0.1, 0.15) is 0 Å². The summed E-state index contributed by atoms with van der Waals surface area (Å²) in [5, 5.41) is 0. The van der Waals surface area contributed by atoms with E-state index in [0.29, 0.717) is 12.1 Å². The van der Waals surface area contributed by atoms with Crippen LogP contribution in [0.1, 0.15) is 58.8 Å². The highest BCUT2D eigenvalue weighted by Crippen LogP contribution is 2.19. The smallest absolute Gasteiger partial charge is 0.0590 e. The Morgan fingerprint density at radius 1 is 1.31 bits per heavy atom. The van der Waals surface area contributed by atoms with Crippen molar-refractivity contribution in [1.82, 2.24) is 5.43 Å². The molecule has 0 aromatic rings. The van der Waals surface area contributed by atoms with Gasteiger partial charge in [-0.25, -0.2) is 0 Å². The molecular formula is C13H28N2O. The number of rotatable bonds is 7. The fraction of sp³-hybridized carbons (Fsp3) is 1.00. The molecule has 1 aliphatic rings. The molecule has 1 rings (SSSR count). The third-order valence-electron chi connectivity index (χ3n) is 3.39. The highest BCUT2D eigenvalue weighted by molar-refractivity contribution is 4.73. The summed E-state index contributed by atoms with van der Waals surface area (Å²) in [5.41, 5.74) is 2.94. The van der Waals surface area contributed by atoms with Crippen molar-refractivity contribution in [2.45, 2.75) is 70.9 Å². The van der Waals surface area contributed by atoms with E-state index in [1.807, 2.05) is 0 Å². The number of hydrogen-bond acceptors (Lipinski definition) is 3. The molecule has 0 aliphatic carbocycles. The lowest BCUT2D eigenvalue weighted by atomic mass is 9.97. The van der Waals surface area contributed by atoms with Gasteiger partial charge in [-0.05, 0) is 38.0 Å². The second-order valence-electron chi connectivity index (χ2n) is 5.41. The summed E-state index contributed by atoms with van der Waals surface area (Å²) < 4.78 is 5.74. The highest BCUT2D eigenvalue weighted by Gasteiger charge is 2.18. The molecule has 96 valence electrons. The van der Waals surface area contributed by atoms with Crippen molar-refractivity contribution in [3.8, 4) is 0 Å². The van der Waals surface area contributed by atoms with Crippen LogP contribution in [0.15, 0.2) is 0 Å². The summed E-state index contributed by atoms with van der Waals surface area (Å²) in [7, 11) is 0. The molecule has 0 amide bonds. The zero-order valence-corrected chi connectivity index (χ0v) is 10.9. The average Bonchev–Trinajstić information content (AvgIpc) is 2.28. The van der Waals surface area contributed by atoms with Crippen LogP contribution >= 0.6 is 0 Å². The van der Waals surface area contributed by atoms with Gasteiger partial charge in [-0.3, -0.25) is 11.3 Å². The topological polar surface area (TPSA) is 47.3 Å². The van der Waals surface area contributed by atoms with Crippen molar-refractivity contribution in [2.75, 3.05) is 6.61 Å². The fourth-order valence-corrected chi connectivity index (χ4v) is 2.35. The second kappa shape index (κ2) is 8.04. The maximum Gasteiger partial charge on any atom is 0.0590 e.